The maximum absolute atomic E-state index is 11.9. The minimum absolute atomic E-state index is 0.0234. The summed E-state index contributed by atoms with van der Waals surface area (Å²) < 4.78 is 11.6. The summed E-state index contributed by atoms with van der Waals surface area (Å²) in [5.41, 5.74) is 3.78. The molecular formula is C19H21BrN4O4. The van der Waals surface area contributed by atoms with Gasteiger partial charge < -0.3 is 19.8 Å². The molecule has 2 amide bonds. The first-order valence-corrected chi connectivity index (χ1v) is 9.70. The average Bonchev–Trinajstić information content (AvgIpc) is 3.39. The van der Waals surface area contributed by atoms with E-state index in [4.69, 9.17) is 9.15 Å². The first-order chi connectivity index (χ1) is 13.6. The maximum atomic E-state index is 11.9. The number of hydrazone groups is 1. The Hall–Kier alpha value is -2.65. The molecule has 1 aromatic carbocycles. The molecule has 0 aliphatic carbocycles. The molecule has 9 heteroatoms. The highest BCUT2D eigenvalue weighted by molar-refractivity contribution is 9.10. The van der Waals surface area contributed by atoms with Crippen LogP contribution in [0.15, 0.2) is 50.6 Å². The number of benzene rings is 1. The minimum Gasteiger partial charge on any atom is -0.467 e. The average molecular weight is 449 g/mol. The Morgan fingerprint density at radius 3 is 2.93 bits per heavy atom. The topological polar surface area (TPSA) is 105 Å². The van der Waals surface area contributed by atoms with Crippen LogP contribution >= 0.6 is 15.9 Å². The smallest absolute Gasteiger partial charge is 0.329 e. The number of rotatable bonds is 7. The van der Waals surface area contributed by atoms with Gasteiger partial charge in [0, 0.05) is 28.9 Å². The van der Waals surface area contributed by atoms with Crippen molar-refractivity contribution in [3.8, 4) is 0 Å². The fraction of sp³-hybridized carbons (Fsp3) is 0.316. The largest absolute Gasteiger partial charge is 0.467 e. The highest BCUT2D eigenvalue weighted by Gasteiger charge is 2.19. The maximum Gasteiger partial charge on any atom is 0.329 e. The normalized spacial score (nSPS) is 16.2. The molecule has 2 heterocycles. The zero-order valence-corrected chi connectivity index (χ0v) is 16.7. The number of furan rings is 1. The van der Waals surface area contributed by atoms with Gasteiger partial charge in [-0.1, -0.05) is 15.9 Å². The van der Waals surface area contributed by atoms with Gasteiger partial charge >= 0.3 is 11.8 Å². The van der Waals surface area contributed by atoms with E-state index >= 15 is 0 Å². The van der Waals surface area contributed by atoms with Crippen LogP contribution in [0.5, 0.6) is 0 Å². The van der Waals surface area contributed by atoms with Crippen molar-refractivity contribution < 1.29 is 18.7 Å². The van der Waals surface area contributed by atoms with Crippen LogP contribution in [0, 0.1) is 0 Å². The summed E-state index contributed by atoms with van der Waals surface area (Å²) in [6.45, 7) is 1.52. The number of anilines is 1. The van der Waals surface area contributed by atoms with Gasteiger partial charge in [-0.25, -0.2) is 5.43 Å². The van der Waals surface area contributed by atoms with Gasteiger partial charge in [-0.3, -0.25) is 9.59 Å². The van der Waals surface area contributed by atoms with Gasteiger partial charge in [0.1, 0.15) is 5.76 Å². The van der Waals surface area contributed by atoms with Crippen LogP contribution in [0.4, 0.5) is 5.69 Å². The predicted molar refractivity (Wildman–Crippen MR) is 108 cm³/mol. The minimum atomic E-state index is -0.825. The Bertz CT molecular complexity index is 832. The molecule has 1 aliphatic rings. The van der Waals surface area contributed by atoms with Crippen LogP contribution < -0.4 is 16.1 Å². The van der Waals surface area contributed by atoms with Crippen LogP contribution in [-0.2, 0) is 20.9 Å². The van der Waals surface area contributed by atoms with Gasteiger partial charge in [0.25, 0.3) is 0 Å². The quantitative estimate of drug-likeness (QED) is 0.342. The zero-order chi connectivity index (χ0) is 19.8. The van der Waals surface area contributed by atoms with Gasteiger partial charge in [0.2, 0.25) is 0 Å². The Kier molecular flexibility index (Phi) is 7.21. The van der Waals surface area contributed by atoms with Crippen molar-refractivity contribution in [3.63, 3.8) is 0 Å². The molecule has 0 radical (unpaired) electrons. The summed E-state index contributed by atoms with van der Waals surface area (Å²) in [6.07, 6.45) is 4.92. The molecule has 8 nitrogen and oxygen atoms in total. The molecule has 148 valence electrons. The highest BCUT2D eigenvalue weighted by atomic mass is 79.9. The number of ether oxygens (including phenoxy) is 1. The summed E-state index contributed by atoms with van der Waals surface area (Å²) in [7, 11) is 0. The summed E-state index contributed by atoms with van der Waals surface area (Å²) in [5.74, 6) is -0.769. The van der Waals surface area contributed by atoms with Gasteiger partial charge in [0.05, 0.1) is 25.1 Å². The van der Waals surface area contributed by atoms with Crippen molar-refractivity contribution >= 4 is 39.6 Å². The molecule has 0 spiro atoms. The van der Waals surface area contributed by atoms with Crippen molar-refractivity contribution in [2.24, 2.45) is 5.10 Å². The first kappa shape index (κ1) is 20.1. The van der Waals surface area contributed by atoms with Crippen molar-refractivity contribution in [3.05, 3.63) is 52.4 Å². The van der Waals surface area contributed by atoms with Crippen molar-refractivity contribution in [2.75, 3.05) is 18.5 Å². The number of carbonyl (C=O) groups is 2. The van der Waals surface area contributed by atoms with Crippen LogP contribution in [0.1, 0.15) is 24.2 Å². The molecule has 1 aliphatic heterocycles. The second-order valence-electron chi connectivity index (χ2n) is 6.21. The number of nitrogens with zero attached hydrogens (tertiary/aromatic N) is 1. The molecule has 2 aromatic rings. The molecule has 0 bridgehead atoms. The van der Waals surface area contributed by atoms with Crippen molar-refractivity contribution in [1.29, 1.82) is 0 Å². The SMILES string of the molecule is O=C(NC[C@H]1CCCO1)C(=O)N/N=C\c1cc(Br)ccc1NCc1ccco1. The lowest BCUT2D eigenvalue weighted by molar-refractivity contribution is -0.139. The van der Waals surface area contributed by atoms with Gasteiger partial charge in [-0.2, -0.15) is 5.10 Å². The molecule has 0 unspecified atom stereocenters. The van der Waals surface area contributed by atoms with E-state index in [0.717, 1.165) is 34.3 Å². The number of halogens is 1. The fourth-order valence-electron chi connectivity index (χ4n) is 2.70. The molecule has 3 N–H and O–H groups in total. The standard InChI is InChI=1S/C19H21BrN4O4/c20-14-5-6-17(21-11-15-3-1-7-27-15)13(9-14)10-23-24-19(26)18(25)22-12-16-4-2-8-28-16/h1,3,5-7,9-10,16,21H,2,4,8,11-12H2,(H,22,25)(H,24,26)/b23-10-/t16-/m1/s1. The number of hydrogen-bond acceptors (Lipinski definition) is 6. The Morgan fingerprint density at radius 2 is 2.18 bits per heavy atom. The highest BCUT2D eigenvalue weighted by Crippen LogP contribution is 2.20. The molecule has 1 fully saturated rings. The second-order valence-corrected chi connectivity index (χ2v) is 7.12. The molecular weight excluding hydrogens is 428 g/mol. The lowest BCUT2D eigenvalue weighted by Gasteiger charge is -2.10. The van der Waals surface area contributed by atoms with Crippen molar-refractivity contribution in [1.82, 2.24) is 10.7 Å². The first-order valence-electron chi connectivity index (χ1n) is 8.90. The number of amides is 2. The third-order valence-electron chi connectivity index (χ3n) is 4.14. The fourth-order valence-corrected chi connectivity index (χ4v) is 3.08. The van der Waals surface area contributed by atoms with E-state index in [1.165, 1.54) is 6.21 Å². The summed E-state index contributed by atoms with van der Waals surface area (Å²) in [4.78, 5) is 23.7. The van der Waals surface area contributed by atoms with Crippen LogP contribution in [-0.4, -0.2) is 37.3 Å². The van der Waals surface area contributed by atoms with E-state index in [9.17, 15) is 9.59 Å². The third-order valence-corrected chi connectivity index (χ3v) is 4.63. The number of hydrogen-bond donors (Lipinski definition) is 3. The monoisotopic (exact) mass is 448 g/mol. The molecule has 28 heavy (non-hydrogen) atoms. The summed E-state index contributed by atoms with van der Waals surface area (Å²) >= 11 is 3.41. The Labute approximate surface area is 170 Å². The van der Waals surface area contributed by atoms with E-state index in [0.29, 0.717) is 19.7 Å². The molecule has 1 atom stereocenters. The lowest BCUT2D eigenvalue weighted by atomic mass is 10.2. The molecule has 1 saturated heterocycles. The lowest BCUT2D eigenvalue weighted by Crippen LogP contribution is -2.41. The molecule has 1 aromatic heterocycles. The van der Waals surface area contributed by atoms with Crippen LogP contribution in [0.2, 0.25) is 0 Å². The Morgan fingerprint density at radius 1 is 1.29 bits per heavy atom. The molecule has 3 rings (SSSR count). The predicted octanol–water partition coefficient (Wildman–Crippen LogP) is 2.40. The van der Waals surface area contributed by atoms with Crippen LogP contribution in [0.3, 0.4) is 0 Å². The van der Waals surface area contributed by atoms with E-state index in [1.807, 2.05) is 30.3 Å². The van der Waals surface area contributed by atoms with E-state index in [-0.39, 0.29) is 6.10 Å². The third kappa shape index (κ3) is 5.93. The number of nitrogens with one attached hydrogen (secondary N) is 3. The van der Waals surface area contributed by atoms with Gasteiger partial charge in [0.15, 0.2) is 0 Å². The van der Waals surface area contributed by atoms with Crippen molar-refractivity contribution in [2.45, 2.75) is 25.5 Å². The number of carbonyl (C=O) groups excluding carboxylic acids is 2. The second kappa shape index (κ2) is 10.0. The van der Waals surface area contributed by atoms with E-state index < -0.39 is 11.8 Å². The summed E-state index contributed by atoms with van der Waals surface area (Å²) in [6, 6.07) is 9.30. The van der Waals surface area contributed by atoms with Gasteiger partial charge in [-0.05, 0) is 43.2 Å². The summed E-state index contributed by atoms with van der Waals surface area (Å²) in [5, 5.41) is 9.68. The van der Waals surface area contributed by atoms with E-state index in [2.05, 4.69) is 37.1 Å². The van der Waals surface area contributed by atoms with Crippen LogP contribution in [0.25, 0.3) is 0 Å². The Balaban J connectivity index is 1.52. The molecule has 0 saturated carbocycles. The zero-order valence-electron chi connectivity index (χ0n) is 15.1. The van der Waals surface area contributed by atoms with E-state index in [1.54, 1.807) is 6.26 Å². The van der Waals surface area contributed by atoms with Gasteiger partial charge in [-0.15, -0.1) is 0 Å².